The monoisotopic (exact) mass is 289 g/mol. The Labute approximate surface area is 123 Å². The lowest BCUT2D eigenvalue weighted by atomic mass is 10.1. The number of aromatic nitrogens is 3. The Morgan fingerprint density at radius 3 is 2.90 bits per heavy atom. The molecule has 0 bridgehead atoms. The number of H-pyrrole nitrogens is 1. The summed E-state index contributed by atoms with van der Waals surface area (Å²) in [6.07, 6.45) is 3.75. The minimum Gasteiger partial charge on any atom is -0.377 e. The zero-order chi connectivity index (χ0) is 13.8. The predicted molar refractivity (Wildman–Crippen MR) is 80.9 cm³/mol. The summed E-state index contributed by atoms with van der Waals surface area (Å²) in [5.41, 5.74) is 2.42. The van der Waals surface area contributed by atoms with Gasteiger partial charge >= 0.3 is 0 Å². The van der Waals surface area contributed by atoms with Crippen molar-refractivity contribution in [3.63, 3.8) is 0 Å². The summed E-state index contributed by atoms with van der Waals surface area (Å²) < 4.78 is 5.61. The molecule has 2 aromatic rings. The van der Waals surface area contributed by atoms with Gasteiger partial charge in [-0.2, -0.15) is 0 Å². The van der Waals surface area contributed by atoms with E-state index in [-0.39, 0.29) is 0 Å². The zero-order valence-electron chi connectivity index (χ0n) is 11.6. The lowest BCUT2D eigenvalue weighted by Crippen LogP contribution is -2.07. The number of nitrogens with zero attached hydrogens (tertiary/aromatic N) is 2. The molecule has 0 radical (unpaired) electrons. The summed E-state index contributed by atoms with van der Waals surface area (Å²) in [6.45, 7) is 3.05. The maximum atomic E-state index is 5.61. The number of ether oxygens (including phenoxy) is 1. The third-order valence-electron chi connectivity index (χ3n) is 3.52. The molecule has 0 saturated carbocycles. The largest absolute Gasteiger partial charge is 0.377 e. The van der Waals surface area contributed by atoms with Crippen molar-refractivity contribution in [1.29, 1.82) is 0 Å². The Hall–Kier alpha value is -1.33. The molecule has 1 fully saturated rings. The number of hydrogen-bond acceptors (Lipinski definition) is 4. The molecule has 1 N–H and O–H groups in total. The summed E-state index contributed by atoms with van der Waals surface area (Å²) in [5, 5.41) is 8.08. The number of nitrogens with one attached hydrogen (secondary N) is 1. The van der Waals surface area contributed by atoms with Crippen LogP contribution in [0.2, 0.25) is 0 Å². The van der Waals surface area contributed by atoms with Gasteiger partial charge in [-0.1, -0.05) is 43.0 Å². The van der Waals surface area contributed by atoms with E-state index in [2.05, 4.69) is 46.4 Å². The summed E-state index contributed by atoms with van der Waals surface area (Å²) in [6, 6.07) is 8.45. The van der Waals surface area contributed by atoms with Crippen molar-refractivity contribution >= 4 is 11.8 Å². The zero-order valence-corrected chi connectivity index (χ0v) is 12.4. The first kappa shape index (κ1) is 13.6. The first-order valence-electron chi connectivity index (χ1n) is 7.11. The Balaban J connectivity index is 1.62. The fraction of sp³-hybridized carbons (Fsp3) is 0.467. The van der Waals surface area contributed by atoms with Gasteiger partial charge in [0.25, 0.3) is 0 Å². The van der Waals surface area contributed by atoms with Gasteiger partial charge in [-0.15, -0.1) is 5.10 Å². The molecule has 20 heavy (non-hydrogen) atoms. The number of hydrogen-bond donors (Lipinski definition) is 1. The molecule has 4 nitrogen and oxygen atoms in total. The van der Waals surface area contributed by atoms with Crippen molar-refractivity contribution in [2.24, 2.45) is 0 Å². The van der Waals surface area contributed by atoms with E-state index in [1.165, 1.54) is 12.0 Å². The summed E-state index contributed by atoms with van der Waals surface area (Å²) in [5.74, 6) is 1.77. The van der Waals surface area contributed by atoms with Crippen LogP contribution < -0.4 is 0 Å². The van der Waals surface area contributed by atoms with Crippen LogP contribution in [0.4, 0.5) is 0 Å². The fourth-order valence-corrected chi connectivity index (χ4v) is 3.15. The van der Waals surface area contributed by atoms with Gasteiger partial charge in [-0.3, -0.25) is 5.10 Å². The van der Waals surface area contributed by atoms with Gasteiger partial charge in [-0.25, -0.2) is 4.98 Å². The Kier molecular flexibility index (Phi) is 4.38. The van der Waals surface area contributed by atoms with Gasteiger partial charge < -0.3 is 4.74 Å². The highest BCUT2D eigenvalue weighted by molar-refractivity contribution is 7.99. The van der Waals surface area contributed by atoms with E-state index in [1.54, 1.807) is 11.8 Å². The van der Waals surface area contributed by atoms with Crippen LogP contribution in [0.5, 0.6) is 0 Å². The maximum Gasteiger partial charge on any atom is 0.208 e. The molecule has 1 aliphatic heterocycles. The minimum absolute atomic E-state index is 0.366. The maximum absolute atomic E-state index is 5.61. The van der Waals surface area contributed by atoms with Crippen LogP contribution in [0.1, 0.15) is 25.3 Å². The van der Waals surface area contributed by atoms with E-state index in [9.17, 15) is 0 Å². The van der Waals surface area contributed by atoms with E-state index in [1.807, 2.05) is 0 Å². The number of benzene rings is 1. The fourth-order valence-electron chi connectivity index (χ4n) is 2.28. The molecule has 2 heterocycles. The number of rotatable bonds is 5. The van der Waals surface area contributed by atoms with Crippen LogP contribution >= 0.6 is 11.8 Å². The summed E-state index contributed by atoms with van der Waals surface area (Å²) in [4.78, 5) is 4.54. The van der Waals surface area contributed by atoms with Gasteiger partial charge in [0.05, 0.1) is 6.10 Å². The smallest absolute Gasteiger partial charge is 0.208 e. The topological polar surface area (TPSA) is 50.8 Å². The van der Waals surface area contributed by atoms with Crippen LogP contribution in [0.3, 0.4) is 0 Å². The highest BCUT2D eigenvalue weighted by atomic mass is 32.2. The molecule has 3 rings (SSSR count). The minimum atomic E-state index is 0.366. The first-order chi connectivity index (χ1) is 9.85. The predicted octanol–water partition coefficient (Wildman–Crippen LogP) is 3.31. The van der Waals surface area contributed by atoms with Crippen molar-refractivity contribution in [1.82, 2.24) is 15.2 Å². The van der Waals surface area contributed by atoms with Gasteiger partial charge in [-0.05, 0) is 24.8 Å². The van der Waals surface area contributed by atoms with E-state index >= 15 is 0 Å². The van der Waals surface area contributed by atoms with E-state index < -0.39 is 0 Å². The highest BCUT2D eigenvalue weighted by Gasteiger charge is 2.16. The van der Waals surface area contributed by atoms with E-state index in [0.29, 0.717) is 6.10 Å². The standard InChI is InChI=1S/C15H19N3OS/c1-2-11-5-7-12(8-6-11)14-16-15(18-17-14)20-10-13-4-3-9-19-13/h5-8,13H,2-4,9-10H2,1H3,(H,16,17,18)/t13-/m0/s1. The molecule has 0 aliphatic carbocycles. The molecule has 1 aromatic heterocycles. The molecular weight excluding hydrogens is 270 g/mol. The van der Waals surface area contributed by atoms with E-state index in [4.69, 9.17) is 4.74 Å². The second-order valence-electron chi connectivity index (χ2n) is 4.96. The average molecular weight is 289 g/mol. The van der Waals surface area contributed by atoms with Crippen LogP contribution in [0.15, 0.2) is 29.4 Å². The lowest BCUT2D eigenvalue weighted by molar-refractivity contribution is 0.129. The van der Waals surface area contributed by atoms with Crippen LogP contribution in [-0.4, -0.2) is 33.6 Å². The molecule has 5 heteroatoms. The SMILES string of the molecule is CCc1ccc(-c2nc(SC[C@@H]3CCCO3)n[nH]2)cc1. The molecule has 1 aliphatic rings. The Morgan fingerprint density at radius 1 is 1.35 bits per heavy atom. The highest BCUT2D eigenvalue weighted by Crippen LogP contribution is 2.23. The molecule has 0 unspecified atom stereocenters. The van der Waals surface area contributed by atoms with Gasteiger partial charge in [0.1, 0.15) is 0 Å². The quantitative estimate of drug-likeness (QED) is 0.858. The molecular formula is C15H19N3OS. The van der Waals surface area contributed by atoms with Gasteiger partial charge in [0.2, 0.25) is 5.16 Å². The van der Waals surface area contributed by atoms with Crippen LogP contribution in [0.25, 0.3) is 11.4 Å². The lowest BCUT2D eigenvalue weighted by Gasteiger charge is -2.05. The van der Waals surface area contributed by atoms with Crippen molar-refractivity contribution < 1.29 is 4.74 Å². The molecule has 1 aromatic carbocycles. The molecule has 0 spiro atoms. The van der Waals surface area contributed by atoms with Gasteiger partial charge in [0, 0.05) is 17.9 Å². The molecule has 106 valence electrons. The van der Waals surface area contributed by atoms with Crippen LogP contribution in [-0.2, 0) is 11.2 Å². The molecule has 0 amide bonds. The number of aromatic amines is 1. The summed E-state index contributed by atoms with van der Waals surface area (Å²) >= 11 is 1.66. The third-order valence-corrected chi connectivity index (χ3v) is 4.50. The third kappa shape index (κ3) is 3.22. The molecule has 1 atom stereocenters. The second kappa shape index (κ2) is 6.41. The number of aryl methyl sites for hydroxylation is 1. The normalized spacial score (nSPS) is 18.6. The van der Waals surface area contributed by atoms with Crippen molar-refractivity contribution in [3.05, 3.63) is 29.8 Å². The second-order valence-corrected chi connectivity index (χ2v) is 5.95. The Morgan fingerprint density at radius 2 is 2.20 bits per heavy atom. The summed E-state index contributed by atoms with van der Waals surface area (Å²) in [7, 11) is 0. The van der Waals surface area contributed by atoms with Gasteiger partial charge in [0.15, 0.2) is 5.82 Å². The van der Waals surface area contributed by atoms with Crippen molar-refractivity contribution in [3.8, 4) is 11.4 Å². The molecule has 1 saturated heterocycles. The Bertz CT molecular complexity index is 547. The van der Waals surface area contributed by atoms with Crippen LogP contribution in [0, 0.1) is 0 Å². The van der Waals surface area contributed by atoms with Crippen molar-refractivity contribution in [2.45, 2.75) is 37.4 Å². The number of thioether (sulfide) groups is 1. The van der Waals surface area contributed by atoms with Crippen molar-refractivity contribution in [2.75, 3.05) is 12.4 Å². The first-order valence-corrected chi connectivity index (χ1v) is 8.10. The average Bonchev–Trinajstić information content (AvgIpc) is 3.17. The van der Waals surface area contributed by atoms with E-state index in [0.717, 1.165) is 41.7 Å².